The van der Waals surface area contributed by atoms with Gasteiger partial charge in [0.25, 0.3) is 0 Å². The van der Waals surface area contributed by atoms with E-state index in [1.54, 1.807) is 7.11 Å². The Kier molecular flexibility index (Phi) is 5.65. The molecule has 1 unspecified atom stereocenters. The molecule has 1 heterocycles. The lowest BCUT2D eigenvalue weighted by molar-refractivity contribution is -0.140. The SMILES string of the molecule is COC(CC(=O)O)CN1CCCCCC1. The third-order valence-electron chi connectivity index (χ3n) is 2.90. The quantitative estimate of drug-likeness (QED) is 0.752. The van der Waals surface area contributed by atoms with E-state index >= 15 is 0 Å². The van der Waals surface area contributed by atoms with Gasteiger partial charge in [-0.25, -0.2) is 0 Å². The molecule has 0 aromatic rings. The Morgan fingerprint density at radius 1 is 1.33 bits per heavy atom. The fourth-order valence-electron chi connectivity index (χ4n) is 2.02. The Morgan fingerprint density at radius 2 is 1.93 bits per heavy atom. The highest BCUT2D eigenvalue weighted by Crippen LogP contribution is 2.11. The first-order chi connectivity index (χ1) is 7.22. The molecule has 0 aromatic carbocycles. The molecule has 0 amide bonds. The molecule has 0 bridgehead atoms. The van der Waals surface area contributed by atoms with E-state index in [-0.39, 0.29) is 12.5 Å². The molecule has 88 valence electrons. The Morgan fingerprint density at radius 3 is 2.40 bits per heavy atom. The maximum absolute atomic E-state index is 10.6. The number of carboxylic acid groups (broad SMARTS) is 1. The zero-order valence-corrected chi connectivity index (χ0v) is 9.45. The molecule has 0 aromatic heterocycles. The first kappa shape index (κ1) is 12.5. The van der Waals surface area contributed by atoms with Crippen LogP contribution in [0.2, 0.25) is 0 Å². The minimum atomic E-state index is -0.781. The van der Waals surface area contributed by atoms with Crippen molar-refractivity contribution in [2.24, 2.45) is 0 Å². The van der Waals surface area contributed by atoms with Gasteiger partial charge in [-0.1, -0.05) is 12.8 Å². The number of hydrogen-bond acceptors (Lipinski definition) is 3. The summed E-state index contributed by atoms with van der Waals surface area (Å²) in [5.74, 6) is -0.781. The van der Waals surface area contributed by atoms with Crippen LogP contribution in [0.25, 0.3) is 0 Å². The van der Waals surface area contributed by atoms with E-state index in [0.717, 1.165) is 19.6 Å². The maximum atomic E-state index is 10.6. The second-order valence-electron chi connectivity index (χ2n) is 4.17. The summed E-state index contributed by atoms with van der Waals surface area (Å²) in [7, 11) is 1.59. The highest BCUT2D eigenvalue weighted by Gasteiger charge is 2.17. The van der Waals surface area contributed by atoms with Crippen LogP contribution in [0, 0.1) is 0 Å². The Bertz CT molecular complexity index is 188. The predicted octanol–water partition coefficient (Wildman–Crippen LogP) is 1.35. The second kappa shape index (κ2) is 6.80. The summed E-state index contributed by atoms with van der Waals surface area (Å²) in [6.07, 6.45) is 4.99. The number of carbonyl (C=O) groups is 1. The average Bonchev–Trinajstić information content (AvgIpc) is 2.44. The molecule has 1 saturated heterocycles. The molecular formula is C11H21NO3. The average molecular weight is 215 g/mol. The van der Waals surface area contributed by atoms with Crippen LogP contribution >= 0.6 is 0 Å². The molecule has 0 radical (unpaired) electrons. The van der Waals surface area contributed by atoms with Crippen LogP contribution in [-0.2, 0) is 9.53 Å². The topological polar surface area (TPSA) is 49.8 Å². The Labute approximate surface area is 91.2 Å². The molecule has 1 aliphatic rings. The summed E-state index contributed by atoms with van der Waals surface area (Å²) in [4.78, 5) is 12.9. The normalized spacial score (nSPS) is 20.9. The molecule has 0 aliphatic carbocycles. The molecule has 15 heavy (non-hydrogen) atoms. The van der Waals surface area contributed by atoms with Gasteiger partial charge in [0.05, 0.1) is 12.5 Å². The lowest BCUT2D eigenvalue weighted by Gasteiger charge is -2.24. The van der Waals surface area contributed by atoms with Gasteiger partial charge in [-0.2, -0.15) is 0 Å². The maximum Gasteiger partial charge on any atom is 0.306 e. The number of carboxylic acids is 1. The van der Waals surface area contributed by atoms with E-state index in [9.17, 15) is 4.79 Å². The standard InChI is InChI=1S/C11H21NO3/c1-15-10(8-11(13)14)9-12-6-4-2-3-5-7-12/h10H,2-9H2,1H3,(H,13,14). The molecule has 1 aliphatic heterocycles. The van der Waals surface area contributed by atoms with Crippen molar-refractivity contribution in [2.75, 3.05) is 26.7 Å². The van der Waals surface area contributed by atoms with E-state index in [1.165, 1.54) is 25.7 Å². The Balaban J connectivity index is 2.31. The molecule has 4 heteroatoms. The minimum absolute atomic E-state index is 0.104. The van der Waals surface area contributed by atoms with Gasteiger partial charge in [0, 0.05) is 13.7 Å². The van der Waals surface area contributed by atoms with Crippen molar-refractivity contribution < 1.29 is 14.6 Å². The summed E-state index contributed by atoms with van der Waals surface area (Å²) in [6, 6.07) is 0. The number of rotatable bonds is 5. The summed E-state index contributed by atoms with van der Waals surface area (Å²) >= 11 is 0. The van der Waals surface area contributed by atoms with Gasteiger partial charge in [-0.3, -0.25) is 4.79 Å². The van der Waals surface area contributed by atoms with Crippen molar-refractivity contribution in [1.82, 2.24) is 4.90 Å². The largest absolute Gasteiger partial charge is 0.481 e. The van der Waals surface area contributed by atoms with Gasteiger partial charge in [0.1, 0.15) is 0 Å². The molecule has 1 N–H and O–H groups in total. The number of nitrogens with zero attached hydrogens (tertiary/aromatic N) is 1. The van der Waals surface area contributed by atoms with Crippen molar-refractivity contribution in [2.45, 2.75) is 38.2 Å². The molecule has 1 fully saturated rings. The zero-order valence-electron chi connectivity index (χ0n) is 9.45. The second-order valence-corrected chi connectivity index (χ2v) is 4.17. The third kappa shape index (κ3) is 5.14. The highest BCUT2D eigenvalue weighted by atomic mass is 16.5. The lowest BCUT2D eigenvalue weighted by Crippen LogP contribution is -2.35. The molecule has 4 nitrogen and oxygen atoms in total. The number of aliphatic carboxylic acids is 1. The van der Waals surface area contributed by atoms with Gasteiger partial charge in [-0.05, 0) is 25.9 Å². The van der Waals surface area contributed by atoms with Crippen molar-refractivity contribution in [1.29, 1.82) is 0 Å². The van der Waals surface area contributed by atoms with Crippen molar-refractivity contribution in [3.8, 4) is 0 Å². The molecule has 1 atom stereocenters. The van der Waals surface area contributed by atoms with Crippen molar-refractivity contribution >= 4 is 5.97 Å². The van der Waals surface area contributed by atoms with Crippen LogP contribution in [0.15, 0.2) is 0 Å². The third-order valence-corrected chi connectivity index (χ3v) is 2.90. The van der Waals surface area contributed by atoms with Gasteiger partial charge in [0.15, 0.2) is 0 Å². The van der Waals surface area contributed by atoms with Gasteiger partial charge < -0.3 is 14.7 Å². The summed E-state index contributed by atoms with van der Waals surface area (Å²) < 4.78 is 5.18. The molecule has 1 rings (SSSR count). The predicted molar refractivity (Wildman–Crippen MR) is 58.0 cm³/mol. The lowest BCUT2D eigenvalue weighted by atomic mass is 10.2. The Hall–Kier alpha value is -0.610. The van der Waals surface area contributed by atoms with Crippen molar-refractivity contribution in [3.63, 3.8) is 0 Å². The van der Waals surface area contributed by atoms with Crippen LogP contribution in [0.1, 0.15) is 32.1 Å². The summed E-state index contributed by atoms with van der Waals surface area (Å²) in [5, 5.41) is 8.70. The van der Waals surface area contributed by atoms with Crippen LogP contribution < -0.4 is 0 Å². The zero-order chi connectivity index (χ0) is 11.1. The number of ether oxygens (including phenoxy) is 1. The number of methoxy groups -OCH3 is 1. The highest BCUT2D eigenvalue weighted by molar-refractivity contribution is 5.67. The monoisotopic (exact) mass is 215 g/mol. The summed E-state index contributed by atoms with van der Waals surface area (Å²) in [5.41, 5.74) is 0. The minimum Gasteiger partial charge on any atom is -0.481 e. The summed E-state index contributed by atoms with van der Waals surface area (Å²) in [6.45, 7) is 2.92. The van der Waals surface area contributed by atoms with Crippen LogP contribution in [0.4, 0.5) is 0 Å². The van der Waals surface area contributed by atoms with E-state index in [2.05, 4.69) is 4.90 Å². The van der Waals surface area contributed by atoms with Crippen LogP contribution in [0.5, 0.6) is 0 Å². The molecule has 0 saturated carbocycles. The molecule has 0 spiro atoms. The smallest absolute Gasteiger partial charge is 0.306 e. The van der Waals surface area contributed by atoms with E-state index in [4.69, 9.17) is 9.84 Å². The first-order valence-corrected chi connectivity index (χ1v) is 5.69. The van der Waals surface area contributed by atoms with Crippen molar-refractivity contribution in [3.05, 3.63) is 0 Å². The van der Waals surface area contributed by atoms with Gasteiger partial charge >= 0.3 is 5.97 Å². The fourth-order valence-corrected chi connectivity index (χ4v) is 2.02. The molecular weight excluding hydrogens is 194 g/mol. The first-order valence-electron chi connectivity index (χ1n) is 5.69. The van der Waals surface area contributed by atoms with E-state index in [1.807, 2.05) is 0 Å². The number of likely N-dealkylation sites (tertiary alicyclic amines) is 1. The van der Waals surface area contributed by atoms with Gasteiger partial charge in [0.2, 0.25) is 0 Å². The van der Waals surface area contributed by atoms with Crippen LogP contribution in [-0.4, -0.2) is 48.8 Å². The fraction of sp³-hybridized carbons (Fsp3) is 0.909. The van der Waals surface area contributed by atoms with Gasteiger partial charge in [-0.15, -0.1) is 0 Å². The van der Waals surface area contributed by atoms with E-state index in [0.29, 0.717) is 0 Å². The number of hydrogen-bond donors (Lipinski definition) is 1. The van der Waals surface area contributed by atoms with E-state index < -0.39 is 5.97 Å². The van der Waals surface area contributed by atoms with Crippen LogP contribution in [0.3, 0.4) is 0 Å².